The van der Waals surface area contributed by atoms with Gasteiger partial charge in [-0.15, -0.1) is 0 Å². The van der Waals surface area contributed by atoms with E-state index < -0.39 is 0 Å². The third-order valence-electron chi connectivity index (χ3n) is 5.26. The molecule has 3 aromatic carbocycles. The van der Waals surface area contributed by atoms with E-state index in [9.17, 15) is 9.59 Å². The molecule has 0 aliphatic carbocycles. The number of nitrogens with zero attached hydrogens (tertiary/aromatic N) is 1. The largest absolute Gasteiger partial charge is 0.455 e. The van der Waals surface area contributed by atoms with Crippen molar-refractivity contribution in [3.8, 4) is 11.5 Å². The van der Waals surface area contributed by atoms with Gasteiger partial charge >= 0.3 is 0 Å². The van der Waals surface area contributed by atoms with Crippen LogP contribution in [0.15, 0.2) is 79.0 Å². The van der Waals surface area contributed by atoms with Crippen LogP contribution in [0.1, 0.15) is 36.1 Å². The number of anilines is 1. The Morgan fingerprint density at radius 1 is 0.968 bits per heavy atom. The average molecular weight is 412 g/mol. The lowest BCUT2D eigenvalue weighted by atomic mass is 9.93. The molecule has 1 aliphatic rings. The standard InChI is InChI=1S/C26H24N2O3/c1-18-11-13-21(14-12-18)31-25-10-6-5-9-23(25)27-26(30)17-24-22-8-4-3-7-20(22)15-16-28(24)19(2)29/h3-16,24H,17H2,1-2H3,(H,27,30)/t24-/m1/s1. The molecule has 0 saturated heterocycles. The summed E-state index contributed by atoms with van der Waals surface area (Å²) in [6.45, 7) is 3.52. The van der Waals surface area contributed by atoms with Gasteiger partial charge in [-0.05, 0) is 48.4 Å². The predicted molar refractivity (Wildman–Crippen MR) is 122 cm³/mol. The van der Waals surface area contributed by atoms with Gasteiger partial charge in [-0.2, -0.15) is 0 Å². The first-order valence-corrected chi connectivity index (χ1v) is 10.2. The molecule has 1 heterocycles. The highest BCUT2D eigenvalue weighted by Gasteiger charge is 2.28. The smallest absolute Gasteiger partial charge is 0.226 e. The third-order valence-corrected chi connectivity index (χ3v) is 5.26. The molecule has 0 radical (unpaired) electrons. The Morgan fingerprint density at radius 3 is 2.45 bits per heavy atom. The van der Waals surface area contributed by atoms with Gasteiger partial charge < -0.3 is 15.0 Å². The fraction of sp³-hybridized carbons (Fsp3) is 0.154. The van der Waals surface area contributed by atoms with E-state index in [0.29, 0.717) is 17.2 Å². The summed E-state index contributed by atoms with van der Waals surface area (Å²) in [6, 6.07) is 22.5. The Bertz CT molecular complexity index is 1140. The van der Waals surface area contributed by atoms with Gasteiger partial charge in [0.2, 0.25) is 11.8 Å². The monoisotopic (exact) mass is 412 g/mol. The van der Waals surface area contributed by atoms with Crippen molar-refractivity contribution in [2.45, 2.75) is 26.3 Å². The number of hydrogen-bond donors (Lipinski definition) is 1. The van der Waals surface area contributed by atoms with Crippen LogP contribution in [0, 0.1) is 6.92 Å². The molecule has 0 bridgehead atoms. The Hall–Kier alpha value is -3.86. The molecule has 0 unspecified atom stereocenters. The highest BCUT2D eigenvalue weighted by atomic mass is 16.5. The second-order valence-electron chi connectivity index (χ2n) is 7.55. The summed E-state index contributed by atoms with van der Waals surface area (Å²) in [5.41, 5.74) is 3.70. The molecule has 156 valence electrons. The predicted octanol–water partition coefficient (Wildman–Crippen LogP) is 5.69. The molecule has 0 fully saturated rings. The third kappa shape index (κ3) is 4.67. The van der Waals surface area contributed by atoms with Crippen molar-refractivity contribution in [3.05, 3.63) is 95.7 Å². The number of fused-ring (bicyclic) bond motifs is 1. The van der Waals surface area contributed by atoms with Gasteiger partial charge in [0, 0.05) is 13.1 Å². The summed E-state index contributed by atoms with van der Waals surface area (Å²) in [7, 11) is 0. The van der Waals surface area contributed by atoms with Crippen LogP contribution in [0.4, 0.5) is 5.69 Å². The first-order chi connectivity index (χ1) is 15.0. The lowest BCUT2D eigenvalue weighted by molar-refractivity contribution is -0.129. The average Bonchev–Trinajstić information content (AvgIpc) is 2.76. The van der Waals surface area contributed by atoms with Gasteiger partial charge in [-0.3, -0.25) is 9.59 Å². The highest BCUT2D eigenvalue weighted by Crippen LogP contribution is 2.34. The number of amides is 2. The zero-order valence-corrected chi connectivity index (χ0v) is 17.5. The summed E-state index contributed by atoms with van der Waals surface area (Å²) < 4.78 is 5.98. The van der Waals surface area contributed by atoms with E-state index >= 15 is 0 Å². The minimum Gasteiger partial charge on any atom is -0.455 e. The maximum Gasteiger partial charge on any atom is 0.226 e. The second-order valence-corrected chi connectivity index (χ2v) is 7.55. The van der Waals surface area contributed by atoms with Crippen LogP contribution in [0.2, 0.25) is 0 Å². The fourth-order valence-electron chi connectivity index (χ4n) is 3.68. The zero-order valence-electron chi connectivity index (χ0n) is 17.5. The molecule has 0 saturated carbocycles. The maximum atomic E-state index is 13.0. The van der Waals surface area contributed by atoms with Gasteiger partial charge in [0.1, 0.15) is 5.75 Å². The van der Waals surface area contributed by atoms with Crippen LogP contribution in [-0.2, 0) is 9.59 Å². The molecule has 0 aromatic heterocycles. The Balaban J connectivity index is 1.53. The number of benzene rings is 3. The molecule has 3 aromatic rings. The summed E-state index contributed by atoms with van der Waals surface area (Å²) >= 11 is 0. The first-order valence-electron chi connectivity index (χ1n) is 10.2. The van der Waals surface area contributed by atoms with Crippen LogP contribution in [-0.4, -0.2) is 16.7 Å². The van der Waals surface area contributed by atoms with Crippen molar-refractivity contribution in [1.29, 1.82) is 0 Å². The SMILES string of the molecule is CC(=O)N1C=Cc2ccccc2[C@H]1CC(=O)Nc1ccccc1Oc1ccc(C)cc1. The minimum absolute atomic E-state index is 0.105. The molecule has 1 aliphatic heterocycles. The molecule has 1 N–H and O–H groups in total. The van der Waals surface area contributed by atoms with Gasteiger partial charge in [0.25, 0.3) is 0 Å². The van der Waals surface area contributed by atoms with Crippen LogP contribution in [0.5, 0.6) is 11.5 Å². The molecule has 2 amide bonds. The van der Waals surface area contributed by atoms with Crippen LogP contribution < -0.4 is 10.1 Å². The van der Waals surface area contributed by atoms with E-state index in [-0.39, 0.29) is 24.3 Å². The van der Waals surface area contributed by atoms with E-state index in [0.717, 1.165) is 16.7 Å². The number of carbonyl (C=O) groups excluding carboxylic acids is 2. The number of carbonyl (C=O) groups is 2. The topological polar surface area (TPSA) is 58.6 Å². The van der Waals surface area contributed by atoms with Crippen molar-refractivity contribution >= 4 is 23.6 Å². The van der Waals surface area contributed by atoms with E-state index in [1.54, 1.807) is 17.2 Å². The summed E-state index contributed by atoms with van der Waals surface area (Å²) in [6.07, 6.45) is 3.78. The number of aryl methyl sites for hydroxylation is 1. The molecule has 4 rings (SSSR count). The van der Waals surface area contributed by atoms with Gasteiger partial charge in [-0.1, -0.05) is 54.1 Å². The first kappa shape index (κ1) is 20.4. The summed E-state index contributed by atoms with van der Waals surface area (Å²) in [5.74, 6) is 0.960. The number of nitrogens with one attached hydrogen (secondary N) is 1. The van der Waals surface area contributed by atoms with E-state index in [1.807, 2.05) is 79.7 Å². The lowest BCUT2D eigenvalue weighted by Crippen LogP contribution is -2.33. The van der Waals surface area contributed by atoms with Crippen molar-refractivity contribution in [3.63, 3.8) is 0 Å². The second kappa shape index (κ2) is 8.88. The zero-order chi connectivity index (χ0) is 21.8. The van der Waals surface area contributed by atoms with Crippen LogP contribution in [0.3, 0.4) is 0 Å². The quantitative estimate of drug-likeness (QED) is 0.586. The summed E-state index contributed by atoms with van der Waals surface area (Å²) in [5, 5.41) is 2.95. The van der Waals surface area contributed by atoms with Gasteiger partial charge in [-0.25, -0.2) is 0 Å². The van der Waals surface area contributed by atoms with E-state index in [2.05, 4.69) is 5.32 Å². The normalized spacial score (nSPS) is 14.6. The van der Waals surface area contributed by atoms with E-state index in [4.69, 9.17) is 4.74 Å². The summed E-state index contributed by atoms with van der Waals surface area (Å²) in [4.78, 5) is 26.8. The van der Waals surface area contributed by atoms with Crippen molar-refractivity contribution < 1.29 is 14.3 Å². The van der Waals surface area contributed by atoms with Crippen LogP contribution in [0.25, 0.3) is 6.08 Å². The van der Waals surface area contributed by atoms with Crippen molar-refractivity contribution in [2.75, 3.05) is 5.32 Å². The maximum absolute atomic E-state index is 13.0. The molecule has 1 atom stereocenters. The van der Waals surface area contributed by atoms with Gasteiger partial charge in [0.15, 0.2) is 5.75 Å². The highest BCUT2D eigenvalue weighted by molar-refractivity contribution is 5.93. The van der Waals surface area contributed by atoms with Gasteiger partial charge in [0.05, 0.1) is 18.2 Å². The fourth-order valence-corrected chi connectivity index (χ4v) is 3.68. The van der Waals surface area contributed by atoms with Crippen molar-refractivity contribution in [1.82, 2.24) is 4.90 Å². The lowest BCUT2D eigenvalue weighted by Gasteiger charge is -2.32. The van der Waals surface area contributed by atoms with Crippen molar-refractivity contribution in [2.24, 2.45) is 0 Å². The number of hydrogen-bond acceptors (Lipinski definition) is 3. The Labute approximate surface area is 182 Å². The Kier molecular flexibility index (Phi) is 5.85. The number of para-hydroxylation sites is 2. The van der Waals surface area contributed by atoms with Crippen LogP contribution >= 0.6 is 0 Å². The molecular formula is C26H24N2O3. The van der Waals surface area contributed by atoms with E-state index in [1.165, 1.54) is 6.92 Å². The molecule has 5 nitrogen and oxygen atoms in total. The molecule has 5 heteroatoms. The molecule has 0 spiro atoms. The minimum atomic E-state index is -0.358. The Morgan fingerprint density at radius 2 is 1.68 bits per heavy atom. The number of ether oxygens (including phenoxy) is 1. The molecule has 31 heavy (non-hydrogen) atoms. The number of rotatable bonds is 5. The molecular weight excluding hydrogens is 388 g/mol.